The minimum Gasteiger partial charge on any atom is -0.258 e. The summed E-state index contributed by atoms with van der Waals surface area (Å²) >= 11 is 3.59. The number of fused-ring (bicyclic) bond motifs is 5. The second-order valence-electron chi connectivity index (χ2n) is 4.77. The van der Waals surface area contributed by atoms with Gasteiger partial charge in [-0.1, -0.05) is 42.5 Å². The molecule has 1 heterocycles. The van der Waals surface area contributed by atoms with E-state index in [0.717, 1.165) is 30.9 Å². The number of rotatable bonds is 1. The van der Waals surface area contributed by atoms with E-state index in [1.807, 2.05) is 48.5 Å². The lowest BCUT2D eigenvalue weighted by Crippen LogP contribution is -1.93. The lowest BCUT2D eigenvalue weighted by atomic mass is 10.0. The average molecular weight is 405 g/mol. The van der Waals surface area contributed by atoms with Gasteiger partial charge in [0.15, 0.2) is 0 Å². The van der Waals surface area contributed by atoms with Crippen molar-refractivity contribution < 1.29 is 4.92 Å². The number of nitro benzene ring substituents is 1. The third kappa shape index (κ3) is 1.77. The average Bonchev–Trinajstić information content (AvgIpc) is 2.86. The molecule has 0 aliphatic rings. The molecule has 0 aliphatic heterocycles. The molecule has 0 saturated heterocycles. The first-order chi connectivity index (χ1) is 10.2. The first-order valence-corrected chi connectivity index (χ1v) is 8.24. The molecule has 1 aromatic heterocycles. The molecule has 0 N–H and O–H groups in total. The van der Waals surface area contributed by atoms with Crippen molar-refractivity contribution >= 4 is 70.6 Å². The second kappa shape index (κ2) is 4.64. The Kier molecular flexibility index (Phi) is 2.87. The molecule has 0 saturated carbocycles. The Bertz CT molecular complexity index is 1040. The number of nitro groups is 1. The van der Waals surface area contributed by atoms with Gasteiger partial charge in [-0.05, 0) is 34.0 Å². The van der Waals surface area contributed by atoms with Crippen LogP contribution in [-0.4, -0.2) is 4.92 Å². The summed E-state index contributed by atoms with van der Waals surface area (Å²) in [5.74, 6) is 0. The SMILES string of the molecule is O=[N+]([O-])c1c(I)c2ccccc2c2c1sc1ccccc12. The van der Waals surface area contributed by atoms with Crippen LogP contribution >= 0.6 is 33.9 Å². The number of nitrogens with zero attached hydrogens (tertiary/aromatic N) is 1. The van der Waals surface area contributed by atoms with E-state index in [-0.39, 0.29) is 10.6 Å². The van der Waals surface area contributed by atoms with E-state index >= 15 is 0 Å². The Morgan fingerprint density at radius 1 is 0.952 bits per heavy atom. The minimum absolute atomic E-state index is 0.227. The van der Waals surface area contributed by atoms with Crippen LogP contribution < -0.4 is 0 Å². The third-order valence-corrected chi connectivity index (χ3v) is 5.90. The number of hydrogen-bond acceptors (Lipinski definition) is 3. The zero-order valence-electron chi connectivity index (χ0n) is 10.7. The van der Waals surface area contributed by atoms with Gasteiger partial charge in [0.2, 0.25) is 0 Å². The maximum Gasteiger partial charge on any atom is 0.300 e. The van der Waals surface area contributed by atoms with Gasteiger partial charge in [-0.15, -0.1) is 11.3 Å². The van der Waals surface area contributed by atoms with E-state index in [4.69, 9.17) is 0 Å². The number of halogens is 1. The zero-order chi connectivity index (χ0) is 14.6. The van der Waals surface area contributed by atoms with Crippen molar-refractivity contribution in [2.24, 2.45) is 0 Å². The normalized spacial score (nSPS) is 11.5. The number of benzene rings is 3. The summed E-state index contributed by atoms with van der Waals surface area (Å²) in [7, 11) is 0. The van der Waals surface area contributed by atoms with E-state index in [0.29, 0.717) is 3.57 Å². The molecule has 0 radical (unpaired) electrons. The Labute approximate surface area is 137 Å². The van der Waals surface area contributed by atoms with Gasteiger partial charge >= 0.3 is 5.69 Å². The minimum atomic E-state index is -0.258. The molecule has 0 fully saturated rings. The standard InChI is InChI=1S/C16H8INO2S/c17-14-10-6-2-1-5-9(10)13-11-7-3-4-8-12(11)21-16(13)15(14)18(19)20/h1-8H. The van der Waals surface area contributed by atoms with E-state index < -0.39 is 0 Å². The van der Waals surface area contributed by atoms with Crippen molar-refractivity contribution in [3.63, 3.8) is 0 Å². The predicted octanol–water partition coefficient (Wildman–Crippen LogP) is 5.72. The van der Waals surface area contributed by atoms with Gasteiger partial charge in [0, 0.05) is 20.9 Å². The molecule has 0 amide bonds. The number of hydrogen-bond donors (Lipinski definition) is 0. The van der Waals surface area contributed by atoms with Crippen LogP contribution in [-0.2, 0) is 0 Å². The monoisotopic (exact) mass is 405 g/mol. The lowest BCUT2D eigenvalue weighted by molar-refractivity contribution is -0.383. The molecular formula is C16H8INO2S. The highest BCUT2D eigenvalue weighted by molar-refractivity contribution is 14.1. The molecule has 0 unspecified atom stereocenters. The van der Waals surface area contributed by atoms with E-state index in [9.17, 15) is 10.1 Å². The highest BCUT2D eigenvalue weighted by Crippen LogP contribution is 2.46. The van der Waals surface area contributed by atoms with Gasteiger partial charge in [0.05, 0.1) is 4.92 Å². The molecule has 0 aliphatic carbocycles. The summed E-state index contributed by atoms with van der Waals surface area (Å²) in [5.41, 5.74) is 0.227. The molecule has 3 aromatic carbocycles. The summed E-state index contributed by atoms with van der Waals surface area (Å²) in [5, 5.41) is 15.7. The van der Waals surface area contributed by atoms with Crippen molar-refractivity contribution in [1.82, 2.24) is 0 Å². The maximum atomic E-state index is 11.6. The topological polar surface area (TPSA) is 43.1 Å². The first-order valence-electron chi connectivity index (χ1n) is 6.34. The van der Waals surface area contributed by atoms with Gasteiger partial charge in [0.25, 0.3) is 0 Å². The first kappa shape index (κ1) is 13.0. The molecule has 4 rings (SSSR count). The van der Waals surface area contributed by atoms with Gasteiger partial charge in [-0.2, -0.15) is 0 Å². The van der Waals surface area contributed by atoms with Crippen molar-refractivity contribution in [2.75, 3.05) is 0 Å². The molecule has 0 spiro atoms. The predicted molar refractivity (Wildman–Crippen MR) is 96.2 cm³/mol. The van der Waals surface area contributed by atoms with Crippen LogP contribution in [0.25, 0.3) is 30.9 Å². The van der Waals surface area contributed by atoms with Crippen LogP contribution in [0.15, 0.2) is 48.5 Å². The van der Waals surface area contributed by atoms with Crippen LogP contribution in [0.5, 0.6) is 0 Å². The summed E-state index contributed by atoms with van der Waals surface area (Å²) in [6.07, 6.45) is 0. The second-order valence-corrected chi connectivity index (χ2v) is 6.90. The summed E-state index contributed by atoms with van der Waals surface area (Å²) < 4.78 is 2.57. The van der Waals surface area contributed by atoms with Crippen LogP contribution in [0.3, 0.4) is 0 Å². The molecule has 5 heteroatoms. The quantitative estimate of drug-likeness (QED) is 0.231. The van der Waals surface area contributed by atoms with Gasteiger partial charge in [-0.25, -0.2) is 0 Å². The fourth-order valence-electron chi connectivity index (χ4n) is 2.76. The highest BCUT2D eigenvalue weighted by atomic mass is 127. The smallest absolute Gasteiger partial charge is 0.258 e. The number of thiophene rings is 1. The molecular weight excluding hydrogens is 397 g/mol. The van der Waals surface area contributed by atoms with E-state index in [2.05, 4.69) is 22.6 Å². The zero-order valence-corrected chi connectivity index (χ0v) is 13.6. The Morgan fingerprint density at radius 3 is 2.29 bits per heavy atom. The summed E-state index contributed by atoms with van der Waals surface area (Å²) in [4.78, 5) is 11.3. The Balaban J connectivity index is 2.41. The van der Waals surface area contributed by atoms with Crippen molar-refractivity contribution in [3.05, 3.63) is 62.2 Å². The molecule has 4 aromatic rings. The van der Waals surface area contributed by atoms with Gasteiger partial charge < -0.3 is 0 Å². The lowest BCUT2D eigenvalue weighted by Gasteiger charge is -2.05. The van der Waals surface area contributed by atoms with Crippen molar-refractivity contribution in [3.8, 4) is 0 Å². The fraction of sp³-hybridized carbons (Fsp3) is 0. The van der Waals surface area contributed by atoms with Gasteiger partial charge in [-0.3, -0.25) is 10.1 Å². The third-order valence-electron chi connectivity index (χ3n) is 3.63. The molecule has 102 valence electrons. The highest BCUT2D eigenvalue weighted by Gasteiger charge is 2.24. The molecule has 0 atom stereocenters. The molecule has 0 bridgehead atoms. The van der Waals surface area contributed by atoms with Crippen molar-refractivity contribution in [2.45, 2.75) is 0 Å². The largest absolute Gasteiger partial charge is 0.300 e. The van der Waals surface area contributed by atoms with Crippen molar-refractivity contribution in [1.29, 1.82) is 0 Å². The maximum absolute atomic E-state index is 11.6. The Morgan fingerprint density at radius 2 is 1.57 bits per heavy atom. The van der Waals surface area contributed by atoms with Crippen LogP contribution in [0.1, 0.15) is 0 Å². The summed E-state index contributed by atoms with van der Waals surface area (Å²) in [6.45, 7) is 0. The fourth-order valence-corrected chi connectivity index (χ4v) is 5.12. The molecule has 3 nitrogen and oxygen atoms in total. The van der Waals surface area contributed by atoms with E-state index in [1.54, 1.807) is 0 Å². The van der Waals surface area contributed by atoms with E-state index in [1.165, 1.54) is 11.3 Å². The van der Waals surface area contributed by atoms with Crippen LogP contribution in [0, 0.1) is 13.7 Å². The Hall–Kier alpha value is -1.73. The van der Waals surface area contributed by atoms with Crippen LogP contribution in [0.2, 0.25) is 0 Å². The summed E-state index contributed by atoms with van der Waals surface area (Å²) in [6, 6.07) is 15.9. The van der Waals surface area contributed by atoms with Gasteiger partial charge in [0.1, 0.15) is 8.27 Å². The molecule has 21 heavy (non-hydrogen) atoms. The van der Waals surface area contributed by atoms with Crippen LogP contribution in [0.4, 0.5) is 5.69 Å².